The Bertz CT molecular complexity index is 1010. The SMILES string of the molecule is CN1CCOc2ccc(NC(=O)CCCN3C(=O)c4ccccc4C3=O)cc2C1=O. The van der Waals surface area contributed by atoms with Crippen molar-refractivity contribution in [3.8, 4) is 5.75 Å². The first kappa shape index (κ1) is 19.6. The van der Waals surface area contributed by atoms with E-state index in [2.05, 4.69) is 5.32 Å². The molecule has 2 aliphatic heterocycles. The van der Waals surface area contributed by atoms with E-state index in [1.807, 2.05) is 0 Å². The van der Waals surface area contributed by atoms with Gasteiger partial charge in [0, 0.05) is 25.7 Å². The molecule has 0 aromatic heterocycles. The summed E-state index contributed by atoms with van der Waals surface area (Å²) in [6.07, 6.45) is 0.474. The molecule has 154 valence electrons. The van der Waals surface area contributed by atoms with Gasteiger partial charge in [-0.15, -0.1) is 0 Å². The highest BCUT2D eigenvalue weighted by Gasteiger charge is 2.34. The molecule has 0 saturated heterocycles. The van der Waals surface area contributed by atoms with Gasteiger partial charge in [0.05, 0.1) is 23.2 Å². The maximum atomic E-state index is 12.4. The molecular formula is C22H21N3O5. The normalized spacial score (nSPS) is 15.4. The molecule has 30 heavy (non-hydrogen) atoms. The standard InChI is InChI=1S/C22H21N3O5/c1-24-11-12-30-18-9-8-14(13-17(18)20(24)27)23-19(26)7-4-10-25-21(28)15-5-2-3-6-16(15)22(25)29/h2-3,5-6,8-9,13H,4,7,10-12H2,1H3,(H,23,26). The third kappa shape index (κ3) is 3.63. The Kier molecular flexibility index (Phi) is 5.22. The summed E-state index contributed by atoms with van der Waals surface area (Å²) in [4.78, 5) is 52.2. The van der Waals surface area contributed by atoms with Gasteiger partial charge in [-0.05, 0) is 36.8 Å². The van der Waals surface area contributed by atoms with E-state index in [0.717, 1.165) is 0 Å². The van der Waals surface area contributed by atoms with Crippen LogP contribution in [0.15, 0.2) is 42.5 Å². The van der Waals surface area contributed by atoms with Gasteiger partial charge in [0.15, 0.2) is 0 Å². The number of imide groups is 1. The molecular weight excluding hydrogens is 386 g/mol. The number of anilines is 1. The average Bonchev–Trinajstić information content (AvgIpc) is 2.89. The third-order valence-corrected chi connectivity index (χ3v) is 5.19. The number of hydrogen-bond acceptors (Lipinski definition) is 5. The minimum absolute atomic E-state index is 0.134. The molecule has 8 nitrogen and oxygen atoms in total. The molecule has 8 heteroatoms. The molecule has 0 spiro atoms. The van der Waals surface area contributed by atoms with Crippen molar-refractivity contribution in [2.45, 2.75) is 12.8 Å². The number of nitrogens with zero attached hydrogens (tertiary/aromatic N) is 2. The van der Waals surface area contributed by atoms with Gasteiger partial charge in [-0.1, -0.05) is 12.1 Å². The van der Waals surface area contributed by atoms with Gasteiger partial charge in [-0.3, -0.25) is 24.1 Å². The quantitative estimate of drug-likeness (QED) is 0.767. The van der Waals surface area contributed by atoms with Crippen LogP contribution in [0.2, 0.25) is 0 Å². The highest BCUT2D eigenvalue weighted by atomic mass is 16.5. The minimum Gasteiger partial charge on any atom is -0.491 e. The lowest BCUT2D eigenvalue weighted by molar-refractivity contribution is -0.116. The van der Waals surface area contributed by atoms with E-state index in [-0.39, 0.29) is 36.6 Å². The van der Waals surface area contributed by atoms with Crippen molar-refractivity contribution in [3.05, 3.63) is 59.2 Å². The number of likely N-dealkylation sites (N-methyl/N-ethyl adjacent to an activating group) is 1. The van der Waals surface area contributed by atoms with Crippen molar-refractivity contribution >= 4 is 29.3 Å². The van der Waals surface area contributed by atoms with Crippen LogP contribution in [-0.4, -0.2) is 60.2 Å². The van der Waals surface area contributed by atoms with Crippen LogP contribution in [-0.2, 0) is 4.79 Å². The summed E-state index contributed by atoms with van der Waals surface area (Å²) < 4.78 is 5.57. The van der Waals surface area contributed by atoms with E-state index >= 15 is 0 Å². The monoisotopic (exact) mass is 407 g/mol. The molecule has 0 fully saturated rings. The van der Waals surface area contributed by atoms with Gasteiger partial charge in [-0.2, -0.15) is 0 Å². The van der Waals surface area contributed by atoms with E-state index in [9.17, 15) is 19.2 Å². The van der Waals surface area contributed by atoms with Crippen molar-refractivity contribution < 1.29 is 23.9 Å². The van der Waals surface area contributed by atoms with E-state index in [1.165, 1.54) is 4.90 Å². The Balaban J connectivity index is 1.34. The van der Waals surface area contributed by atoms with Crippen LogP contribution in [0.25, 0.3) is 0 Å². The molecule has 2 aromatic rings. The number of carbonyl (C=O) groups is 4. The fourth-order valence-corrected chi connectivity index (χ4v) is 3.56. The summed E-state index contributed by atoms with van der Waals surface area (Å²) in [6.45, 7) is 1.08. The minimum atomic E-state index is -0.329. The highest BCUT2D eigenvalue weighted by Crippen LogP contribution is 2.26. The lowest BCUT2D eigenvalue weighted by Gasteiger charge is -2.14. The van der Waals surface area contributed by atoms with Crippen LogP contribution in [0.4, 0.5) is 5.69 Å². The van der Waals surface area contributed by atoms with Gasteiger partial charge in [0.2, 0.25) is 5.91 Å². The molecule has 2 aliphatic rings. The summed E-state index contributed by atoms with van der Waals surface area (Å²) in [5.74, 6) is -0.590. The molecule has 4 amide bonds. The molecule has 1 N–H and O–H groups in total. The van der Waals surface area contributed by atoms with E-state index in [4.69, 9.17) is 4.74 Å². The summed E-state index contributed by atoms with van der Waals surface area (Å²) in [7, 11) is 1.70. The molecule has 0 unspecified atom stereocenters. The van der Waals surface area contributed by atoms with Gasteiger partial charge >= 0.3 is 0 Å². The Morgan fingerprint density at radius 2 is 1.70 bits per heavy atom. The van der Waals surface area contributed by atoms with E-state index in [0.29, 0.717) is 47.7 Å². The lowest BCUT2D eigenvalue weighted by atomic mass is 10.1. The van der Waals surface area contributed by atoms with Crippen LogP contribution in [0.1, 0.15) is 43.9 Å². The molecule has 2 aromatic carbocycles. The van der Waals surface area contributed by atoms with Crippen LogP contribution >= 0.6 is 0 Å². The maximum Gasteiger partial charge on any atom is 0.261 e. The van der Waals surface area contributed by atoms with Gasteiger partial charge in [0.25, 0.3) is 17.7 Å². The second-order valence-corrected chi connectivity index (χ2v) is 7.25. The molecule has 2 heterocycles. The first-order valence-corrected chi connectivity index (χ1v) is 9.73. The first-order valence-electron chi connectivity index (χ1n) is 9.73. The zero-order valence-electron chi connectivity index (χ0n) is 16.5. The predicted molar refractivity (Wildman–Crippen MR) is 109 cm³/mol. The fourth-order valence-electron chi connectivity index (χ4n) is 3.56. The molecule has 0 bridgehead atoms. The largest absolute Gasteiger partial charge is 0.491 e. The van der Waals surface area contributed by atoms with E-state index in [1.54, 1.807) is 54.4 Å². The number of hydrogen-bond donors (Lipinski definition) is 1. The molecule has 0 atom stereocenters. The fraction of sp³-hybridized carbons (Fsp3) is 0.273. The number of carbonyl (C=O) groups excluding carboxylic acids is 4. The van der Waals surface area contributed by atoms with Crippen molar-refractivity contribution in [2.24, 2.45) is 0 Å². The zero-order chi connectivity index (χ0) is 21.3. The summed E-state index contributed by atoms with van der Waals surface area (Å²) in [5.41, 5.74) is 1.69. The number of amides is 4. The molecule has 0 aliphatic carbocycles. The lowest BCUT2D eigenvalue weighted by Crippen LogP contribution is -2.31. The second kappa shape index (κ2) is 7.98. The summed E-state index contributed by atoms with van der Waals surface area (Å²) >= 11 is 0. The highest BCUT2D eigenvalue weighted by molar-refractivity contribution is 6.21. The van der Waals surface area contributed by atoms with Crippen LogP contribution in [0, 0.1) is 0 Å². The van der Waals surface area contributed by atoms with Crippen molar-refractivity contribution in [1.82, 2.24) is 9.80 Å². The smallest absolute Gasteiger partial charge is 0.261 e. The van der Waals surface area contributed by atoms with Gasteiger partial charge in [-0.25, -0.2) is 0 Å². The Hall–Kier alpha value is -3.68. The number of rotatable bonds is 5. The van der Waals surface area contributed by atoms with Crippen LogP contribution < -0.4 is 10.1 Å². The first-order chi connectivity index (χ1) is 14.5. The zero-order valence-corrected chi connectivity index (χ0v) is 16.5. The van der Waals surface area contributed by atoms with Crippen molar-refractivity contribution in [1.29, 1.82) is 0 Å². The van der Waals surface area contributed by atoms with E-state index < -0.39 is 0 Å². The van der Waals surface area contributed by atoms with Crippen molar-refractivity contribution in [2.75, 3.05) is 32.1 Å². The number of benzene rings is 2. The van der Waals surface area contributed by atoms with Gasteiger partial charge < -0.3 is 15.0 Å². The molecule has 0 saturated carbocycles. The maximum absolute atomic E-state index is 12.4. The average molecular weight is 407 g/mol. The number of nitrogens with one attached hydrogen (secondary N) is 1. The van der Waals surface area contributed by atoms with Crippen LogP contribution in [0.5, 0.6) is 5.75 Å². The topological polar surface area (TPSA) is 96.0 Å². The number of fused-ring (bicyclic) bond motifs is 2. The van der Waals surface area contributed by atoms with Crippen LogP contribution in [0.3, 0.4) is 0 Å². The second-order valence-electron chi connectivity index (χ2n) is 7.25. The van der Waals surface area contributed by atoms with Gasteiger partial charge in [0.1, 0.15) is 12.4 Å². The Labute approximate surface area is 173 Å². The predicted octanol–water partition coefficient (Wildman–Crippen LogP) is 2.17. The summed E-state index contributed by atoms with van der Waals surface area (Å²) in [5, 5.41) is 2.76. The number of ether oxygens (including phenoxy) is 1. The molecule has 4 rings (SSSR count). The Morgan fingerprint density at radius 3 is 2.40 bits per heavy atom. The van der Waals surface area contributed by atoms with Crippen molar-refractivity contribution in [3.63, 3.8) is 0 Å². The Morgan fingerprint density at radius 1 is 1.00 bits per heavy atom. The third-order valence-electron chi connectivity index (χ3n) is 5.19. The summed E-state index contributed by atoms with van der Waals surface area (Å²) in [6, 6.07) is 11.6. The molecule has 0 radical (unpaired) electrons.